The van der Waals surface area contributed by atoms with E-state index in [-0.39, 0.29) is 40.6 Å². The van der Waals surface area contributed by atoms with Gasteiger partial charge in [-0.2, -0.15) is 0 Å². The van der Waals surface area contributed by atoms with E-state index in [1.807, 2.05) is 0 Å². The minimum Gasteiger partial charge on any atom is -1.00 e. The van der Waals surface area contributed by atoms with Gasteiger partial charge in [0, 0.05) is 0 Å². The molecule has 2 nitrogen and oxygen atoms in total. The second-order valence-corrected chi connectivity index (χ2v) is 0.102. The molecule has 0 rings (SSSR count). The van der Waals surface area contributed by atoms with E-state index in [0.717, 1.165) is 6.08 Å². The van der Waals surface area contributed by atoms with Crippen LogP contribution in [-0.2, 0) is 4.79 Å². The molecule has 0 aliphatic carbocycles. The van der Waals surface area contributed by atoms with Gasteiger partial charge in [-0.15, -0.1) is 0 Å². The molecule has 0 amide bonds. The van der Waals surface area contributed by atoms with Crippen LogP contribution >= 0.6 is 0 Å². The van der Waals surface area contributed by atoms with Gasteiger partial charge in [0.15, 0.2) is 0 Å². The fraction of sp³-hybridized carbons (Fsp3) is 0. The summed E-state index contributed by atoms with van der Waals surface area (Å²) in [5.74, 6) is 0. The molecule has 0 saturated heterocycles. The smallest absolute Gasteiger partial charge is 1.00 e. The molecular weight excluding hydrogens is 82.1 g/mol. The summed E-state index contributed by atoms with van der Waals surface area (Å²) in [5, 5.41) is 5.40. The minimum atomic E-state index is 0. The number of isocyanates is 1. The average Bonchev–Trinajstić information content (AvgIpc) is 0.918. The summed E-state index contributed by atoms with van der Waals surface area (Å²) in [6.45, 7) is 0. The second kappa shape index (κ2) is 9.43. The SMILES string of the molecule is N=C=O.[Ca+2].[H-].[H-]. The molecule has 0 aliphatic heterocycles. The average molecular weight is 85.1 g/mol. The molecule has 0 spiro atoms. The predicted octanol–water partition coefficient (Wildman–Crippen LogP) is -0.255. The molecule has 0 fully saturated rings. The minimum absolute atomic E-state index is 0. The van der Waals surface area contributed by atoms with Gasteiger partial charge in [0.05, 0.1) is 0 Å². The van der Waals surface area contributed by atoms with E-state index >= 15 is 0 Å². The largest absolute Gasteiger partial charge is 2.00 e. The molecule has 0 aromatic carbocycles. The summed E-state index contributed by atoms with van der Waals surface area (Å²) in [6, 6.07) is 0. The van der Waals surface area contributed by atoms with Gasteiger partial charge in [-0.05, 0) is 0 Å². The standard InChI is InChI=1S/CHNO.Ca.2H/c2-1-3;;;/h2H;;;/q;+2;2*-1. The Hall–Kier alpha value is 0.640. The van der Waals surface area contributed by atoms with Crippen LogP contribution < -0.4 is 0 Å². The zero-order chi connectivity index (χ0) is 2.71. The quantitative estimate of drug-likeness (QED) is 0.246. The van der Waals surface area contributed by atoms with Crippen LogP contribution in [0.1, 0.15) is 2.85 Å². The monoisotopic (exact) mass is 85.0 g/mol. The van der Waals surface area contributed by atoms with Crippen molar-refractivity contribution in [2.24, 2.45) is 0 Å². The molecule has 3 heteroatoms. The normalized spacial score (nSPS) is 2.00. The van der Waals surface area contributed by atoms with Crippen molar-refractivity contribution in [1.82, 2.24) is 0 Å². The molecule has 0 atom stereocenters. The van der Waals surface area contributed by atoms with Crippen molar-refractivity contribution in [2.75, 3.05) is 0 Å². The molecule has 0 bridgehead atoms. The number of carbonyl (C=O) groups excluding carboxylic acids is 1. The number of nitrogens with one attached hydrogen (secondary N) is 1. The van der Waals surface area contributed by atoms with Crippen LogP contribution in [-0.4, -0.2) is 43.8 Å². The Bertz CT molecular complexity index is 34.5. The summed E-state index contributed by atoms with van der Waals surface area (Å²) in [7, 11) is 0. The first-order valence-corrected chi connectivity index (χ1v) is 0.454. The third kappa shape index (κ3) is 17.3. The van der Waals surface area contributed by atoms with E-state index in [0.29, 0.717) is 0 Å². The van der Waals surface area contributed by atoms with E-state index in [1.165, 1.54) is 0 Å². The van der Waals surface area contributed by atoms with Crippen molar-refractivity contribution in [3.05, 3.63) is 0 Å². The molecule has 0 heterocycles. The van der Waals surface area contributed by atoms with Crippen molar-refractivity contribution in [3.63, 3.8) is 0 Å². The maximum Gasteiger partial charge on any atom is 2.00 e. The Labute approximate surface area is 56.7 Å². The summed E-state index contributed by atoms with van der Waals surface area (Å²) in [5.41, 5.74) is 0. The molecule has 1 N–H and O–H groups in total. The third-order valence-corrected chi connectivity index (χ3v) is 0. The fourth-order valence-electron chi connectivity index (χ4n) is 0. The topological polar surface area (TPSA) is 40.9 Å². The van der Waals surface area contributed by atoms with Crippen LogP contribution in [0.2, 0.25) is 0 Å². The van der Waals surface area contributed by atoms with Gasteiger partial charge >= 0.3 is 37.7 Å². The Morgan fingerprint density at radius 3 is 2.00 bits per heavy atom. The first-order chi connectivity index (χ1) is 1.41. The number of hydrogen-bond acceptors (Lipinski definition) is 2. The molecule has 0 unspecified atom stereocenters. The Morgan fingerprint density at radius 2 is 2.00 bits per heavy atom. The maximum absolute atomic E-state index is 8.35. The van der Waals surface area contributed by atoms with Crippen molar-refractivity contribution >= 4 is 43.8 Å². The van der Waals surface area contributed by atoms with Gasteiger partial charge in [-0.1, -0.05) is 0 Å². The summed E-state index contributed by atoms with van der Waals surface area (Å²) in [4.78, 5) is 8.35. The molecule has 4 heavy (non-hydrogen) atoms. The molecule has 0 aromatic rings. The molecule has 0 radical (unpaired) electrons. The summed E-state index contributed by atoms with van der Waals surface area (Å²) in [6.07, 6.45) is 0.750. The zero-order valence-corrected chi connectivity index (χ0v) is 4.32. The van der Waals surface area contributed by atoms with E-state index in [4.69, 9.17) is 10.2 Å². The summed E-state index contributed by atoms with van der Waals surface area (Å²) >= 11 is 0. The fourth-order valence-corrected chi connectivity index (χ4v) is 0. The van der Waals surface area contributed by atoms with E-state index in [2.05, 4.69) is 0 Å². The predicted molar refractivity (Wildman–Crippen MR) is 16.4 cm³/mol. The van der Waals surface area contributed by atoms with Crippen LogP contribution in [0.5, 0.6) is 0 Å². The van der Waals surface area contributed by atoms with E-state index < -0.39 is 0 Å². The van der Waals surface area contributed by atoms with Gasteiger partial charge in [0.2, 0.25) is 6.08 Å². The van der Waals surface area contributed by atoms with Gasteiger partial charge in [0.25, 0.3) is 0 Å². The number of hydrogen-bond donors (Lipinski definition) is 1. The van der Waals surface area contributed by atoms with Gasteiger partial charge in [-0.3, -0.25) is 0 Å². The van der Waals surface area contributed by atoms with Crippen molar-refractivity contribution in [2.45, 2.75) is 0 Å². The van der Waals surface area contributed by atoms with E-state index in [9.17, 15) is 0 Å². The van der Waals surface area contributed by atoms with Crippen molar-refractivity contribution in [1.29, 1.82) is 5.41 Å². The summed E-state index contributed by atoms with van der Waals surface area (Å²) < 4.78 is 0. The molecule has 20 valence electrons. The molecular formula is CH3CaNO. The van der Waals surface area contributed by atoms with Crippen LogP contribution in [0.4, 0.5) is 0 Å². The molecule has 0 aliphatic rings. The van der Waals surface area contributed by atoms with Gasteiger partial charge in [-0.25, -0.2) is 10.2 Å². The Morgan fingerprint density at radius 1 is 2.00 bits per heavy atom. The van der Waals surface area contributed by atoms with Crippen LogP contribution in [0.15, 0.2) is 0 Å². The van der Waals surface area contributed by atoms with Crippen molar-refractivity contribution < 1.29 is 7.65 Å². The zero-order valence-electron chi connectivity index (χ0n) is 4.12. The second-order valence-electron chi connectivity index (χ2n) is 0.102. The van der Waals surface area contributed by atoms with Crippen LogP contribution in [0.3, 0.4) is 0 Å². The Kier molecular flexibility index (Phi) is 20.8. The number of rotatable bonds is 0. The van der Waals surface area contributed by atoms with Crippen LogP contribution in [0.25, 0.3) is 0 Å². The Balaban J connectivity index is -0.00000000667. The molecule has 0 saturated carbocycles. The van der Waals surface area contributed by atoms with Gasteiger partial charge in [0.1, 0.15) is 0 Å². The first kappa shape index (κ1) is 8.82. The van der Waals surface area contributed by atoms with E-state index in [1.54, 1.807) is 0 Å². The molecule has 0 aromatic heterocycles. The third-order valence-electron chi connectivity index (χ3n) is 0. The maximum atomic E-state index is 8.35. The first-order valence-electron chi connectivity index (χ1n) is 0.454. The van der Waals surface area contributed by atoms with Gasteiger partial charge < -0.3 is 2.85 Å². The van der Waals surface area contributed by atoms with Crippen molar-refractivity contribution in [3.8, 4) is 0 Å². The van der Waals surface area contributed by atoms with Crippen LogP contribution in [0, 0.1) is 5.41 Å².